The van der Waals surface area contributed by atoms with Crippen molar-refractivity contribution in [3.63, 3.8) is 0 Å². The van der Waals surface area contributed by atoms with Gasteiger partial charge in [-0.2, -0.15) is 0 Å². The molecule has 24 heavy (non-hydrogen) atoms. The SMILES string of the molecule is C[C@]12CC=C(C[N+](=O)[O-])C[C@@H]1CC[C@H]1[C@H]2CC[C@]2(C)C(=O)CC[C@@H]12. The lowest BCUT2D eigenvalue weighted by Gasteiger charge is -2.59. The number of rotatable bonds is 2. The second kappa shape index (κ2) is 5.40. The summed E-state index contributed by atoms with van der Waals surface area (Å²) in [6, 6.07) is 0. The molecule has 4 aliphatic carbocycles. The number of fused-ring (bicyclic) bond motifs is 5. The Morgan fingerprint density at radius 3 is 2.75 bits per heavy atom. The second-order valence-electron chi connectivity index (χ2n) is 9.34. The lowest BCUT2D eigenvalue weighted by atomic mass is 9.45. The molecule has 0 aliphatic heterocycles. The molecule has 0 spiro atoms. The van der Waals surface area contributed by atoms with E-state index in [1.54, 1.807) is 0 Å². The fourth-order valence-electron chi connectivity index (χ4n) is 7.02. The van der Waals surface area contributed by atoms with Crippen molar-refractivity contribution in [2.24, 2.45) is 34.5 Å². The van der Waals surface area contributed by atoms with E-state index in [0.717, 1.165) is 37.7 Å². The molecule has 0 unspecified atom stereocenters. The Balaban J connectivity index is 1.59. The third-order valence-electron chi connectivity index (χ3n) is 8.45. The summed E-state index contributed by atoms with van der Waals surface area (Å²) >= 11 is 0. The molecule has 0 bridgehead atoms. The first-order valence-electron chi connectivity index (χ1n) is 9.67. The standard InChI is InChI=1S/C20H29NO3/c1-19-9-7-13(12-21(23)24)11-14(19)3-4-15-16-5-6-18(22)20(16,2)10-8-17(15)19/h7,14-17H,3-6,8-12H2,1-2H3/t14-,15+,16-,17+,19-,20-/m0/s1. The predicted octanol–water partition coefficient (Wildman–Crippen LogP) is 4.41. The average molecular weight is 331 g/mol. The highest BCUT2D eigenvalue weighted by molar-refractivity contribution is 5.87. The van der Waals surface area contributed by atoms with Crippen molar-refractivity contribution in [3.8, 4) is 0 Å². The quantitative estimate of drug-likeness (QED) is 0.428. The van der Waals surface area contributed by atoms with Crippen LogP contribution in [0.15, 0.2) is 11.6 Å². The molecule has 3 saturated carbocycles. The van der Waals surface area contributed by atoms with Crippen LogP contribution in [0.5, 0.6) is 0 Å². The molecule has 132 valence electrons. The van der Waals surface area contributed by atoms with E-state index in [9.17, 15) is 14.9 Å². The monoisotopic (exact) mass is 331 g/mol. The fraction of sp³-hybridized carbons (Fsp3) is 0.850. The molecule has 0 aromatic rings. The van der Waals surface area contributed by atoms with E-state index in [1.807, 2.05) is 0 Å². The first-order chi connectivity index (χ1) is 11.3. The number of carbonyl (C=O) groups excluding carboxylic acids is 1. The van der Waals surface area contributed by atoms with Crippen molar-refractivity contribution in [2.75, 3.05) is 6.54 Å². The molecule has 4 aliphatic rings. The highest BCUT2D eigenvalue weighted by Gasteiger charge is 2.59. The Kier molecular flexibility index (Phi) is 3.67. The average Bonchev–Trinajstić information content (AvgIpc) is 2.83. The normalized spacial score (nSPS) is 47.4. The van der Waals surface area contributed by atoms with Crippen molar-refractivity contribution in [3.05, 3.63) is 21.8 Å². The largest absolute Gasteiger partial charge is 0.299 e. The van der Waals surface area contributed by atoms with Crippen LogP contribution in [0, 0.1) is 44.6 Å². The minimum atomic E-state index is -0.184. The van der Waals surface area contributed by atoms with E-state index in [2.05, 4.69) is 19.9 Å². The van der Waals surface area contributed by atoms with Gasteiger partial charge in [-0.05, 0) is 79.6 Å². The molecular weight excluding hydrogens is 302 g/mol. The fourth-order valence-corrected chi connectivity index (χ4v) is 7.02. The minimum absolute atomic E-state index is 0.0237. The van der Waals surface area contributed by atoms with Gasteiger partial charge < -0.3 is 0 Å². The Labute approximate surface area is 144 Å². The Morgan fingerprint density at radius 2 is 2.00 bits per heavy atom. The molecule has 0 heterocycles. The van der Waals surface area contributed by atoms with Gasteiger partial charge in [-0.25, -0.2) is 0 Å². The zero-order valence-electron chi connectivity index (χ0n) is 14.9. The Bertz CT molecular complexity index is 612. The Morgan fingerprint density at radius 1 is 1.21 bits per heavy atom. The maximum Gasteiger partial charge on any atom is 0.224 e. The number of Topliss-reactive ketones (excluding diaryl/α,β-unsaturated/α-hetero) is 1. The van der Waals surface area contributed by atoms with E-state index in [4.69, 9.17) is 0 Å². The number of hydrogen-bond acceptors (Lipinski definition) is 3. The summed E-state index contributed by atoms with van der Waals surface area (Å²) in [4.78, 5) is 23.1. The van der Waals surface area contributed by atoms with Crippen molar-refractivity contribution in [2.45, 2.75) is 65.2 Å². The van der Waals surface area contributed by atoms with Crippen LogP contribution in [0.25, 0.3) is 0 Å². The number of nitrogens with zero attached hydrogens (tertiary/aromatic N) is 1. The van der Waals surface area contributed by atoms with E-state index < -0.39 is 0 Å². The summed E-state index contributed by atoms with van der Waals surface area (Å²) in [7, 11) is 0. The zero-order chi connectivity index (χ0) is 17.1. The van der Waals surface area contributed by atoms with Gasteiger partial charge in [0.25, 0.3) is 0 Å². The van der Waals surface area contributed by atoms with E-state index >= 15 is 0 Å². The van der Waals surface area contributed by atoms with Crippen LogP contribution >= 0.6 is 0 Å². The first kappa shape index (κ1) is 16.3. The van der Waals surface area contributed by atoms with E-state index in [1.165, 1.54) is 19.3 Å². The molecule has 4 nitrogen and oxygen atoms in total. The van der Waals surface area contributed by atoms with Crippen molar-refractivity contribution < 1.29 is 9.72 Å². The third-order valence-corrected chi connectivity index (χ3v) is 8.45. The van der Waals surface area contributed by atoms with Gasteiger partial charge in [-0.15, -0.1) is 0 Å². The molecule has 0 aromatic carbocycles. The van der Waals surface area contributed by atoms with Crippen molar-refractivity contribution >= 4 is 5.78 Å². The van der Waals surface area contributed by atoms with Gasteiger partial charge in [0, 0.05) is 16.8 Å². The van der Waals surface area contributed by atoms with Crippen LogP contribution in [0.4, 0.5) is 0 Å². The van der Waals surface area contributed by atoms with Gasteiger partial charge in [0.2, 0.25) is 6.54 Å². The number of allylic oxidation sites excluding steroid dienone is 1. The van der Waals surface area contributed by atoms with Gasteiger partial charge in [-0.1, -0.05) is 19.9 Å². The zero-order valence-corrected chi connectivity index (χ0v) is 14.9. The third kappa shape index (κ3) is 2.21. The summed E-state index contributed by atoms with van der Waals surface area (Å²) in [6.45, 7) is 4.69. The Hall–Kier alpha value is -1.19. The van der Waals surface area contributed by atoms with Crippen LogP contribution in [-0.2, 0) is 4.79 Å². The summed E-state index contributed by atoms with van der Waals surface area (Å²) in [5, 5.41) is 10.9. The van der Waals surface area contributed by atoms with Crippen LogP contribution in [0.1, 0.15) is 65.2 Å². The highest BCUT2D eigenvalue weighted by Crippen LogP contribution is 2.65. The molecule has 0 saturated heterocycles. The van der Waals surface area contributed by atoms with Crippen molar-refractivity contribution in [1.82, 2.24) is 0 Å². The lowest BCUT2D eigenvalue weighted by molar-refractivity contribution is -0.471. The molecule has 4 heteroatoms. The van der Waals surface area contributed by atoms with Gasteiger partial charge in [0.15, 0.2) is 0 Å². The van der Waals surface area contributed by atoms with Gasteiger partial charge >= 0.3 is 0 Å². The van der Waals surface area contributed by atoms with Crippen LogP contribution in [0.3, 0.4) is 0 Å². The topological polar surface area (TPSA) is 60.2 Å². The summed E-state index contributed by atoms with van der Waals surface area (Å²) in [5.41, 5.74) is 1.28. The van der Waals surface area contributed by atoms with Crippen LogP contribution in [0.2, 0.25) is 0 Å². The molecule has 0 amide bonds. The highest BCUT2D eigenvalue weighted by atomic mass is 16.6. The van der Waals surface area contributed by atoms with Gasteiger partial charge in [-0.3, -0.25) is 14.9 Å². The number of carbonyl (C=O) groups is 1. The molecule has 3 fully saturated rings. The van der Waals surface area contributed by atoms with Gasteiger partial charge in [0.1, 0.15) is 5.78 Å². The summed E-state index contributed by atoms with van der Waals surface area (Å²) in [6.07, 6.45) is 10.6. The maximum atomic E-state index is 12.4. The minimum Gasteiger partial charge on any atom is -0.299 e. The number of ketones is 1. The first-order valence-corrected chi connectivity index (χ1v) is 9.67. The molecule has 0 N–H and O–H groups in total. The number of hydrogen-bond donors (Lipinski definition) is 0. The summed E-state index contributed by atoms with van der Waals surface area (Å²) in [5.74, 6) is 3.09. The van der Waals surface area contributed by atoms with Gasteiger partial charge in [0.05, 0.1) is 0 Å². The number of nitro groups is 1. The smallest absolute Gasteiger partial charge is 0.224 e. The molecule has 6 atom stereocenters. The lowest BCUT2D eigenvalue weighted by Crippen LogP contribution is -2.52. The van der Waals surface area contributed by atoms with E-state index in [0.29, 0.717) is 29.5 Å². The van der Waals surface area contributed by atoms with Crippen LogP contribution in [-0.4, -0.2) is 17.3 Å². The second-order valence-corrected chi connectivity index (χ2v) is 9.34. The van der Waals surface area contributed by atoms with Crippen molar-refractivity contribution in [1.29, 1.82) is 0 Å². The van der Waals surface area contributed by atoms with Crippen LogP contribution < -0.4 is 0 Å². The predicted molar refractivity (Wildman–Crippen MR) is 92.1 cm³/mol. The molecule has 0 radical (unpaired) electrons. The molecular formula is C20H29NO3. The molecule has 0 aromatic heterocycles. The van der Waals surface area contributed by atoms with E-state index in [-0.39, 0.29) is 22.3 Å². The summed E-state index contributed by atoms with van der Waals surface area (Å²) < 4.78 is 0. The maximum absolute atomic E-state index is 12.4. The molecule has 4 rings (SSSR count).